The number of hydrogen-bond acceptors (Lipinski definition) is 3. The zero-order valence-electron chi connectivity index (χ0n) is 11.4. The van der Waals surface area contributed by atoms with Gasteiger partial charge in [-0.1, -0.05) is 25.3 Å². The molecule has 0 aliphatic heterocycles. The second-order valence-electron chi connectivity index (χ2n) is 4.44. The van der Waals surface area contributed by atoms with Crippen LogP contribution in [0.4, 0.5) is 0 Å². The summed E-state index contributed by atoms with van der Waals surface area (Å²) in [6.07, 6.45) is 5.15. The van der Waals surface area contributed by atoms with E-state index in [-0.39, 0.29) is 6.42 Å². The molecule has 0 radical (unpaired) electrons. The second kappa shape index (κ2) is 9.25. The van der Waals surface area contributed by atoms with E-state index in [4.69, 9.17) is 14.6 Å². The molecule has 0 amide bonds. The first-order valence-electron chi connectivity index (χ1n) is 6.71. The maximum absolute atomic E-state index is 10.3. The first-order chi connectivity index (χ1) is 9.22. The Kier molecular flexibility index (Phi) is 7.47. The van der Waals surface area contributed by atoms with Gasteiger partial charge in [-0.15, -0.1) is 0 Å². The van der Waals surface area contributed by atoms with Crippen molar-refractivity contribution in [2.24, 2.45) is 0 Å². The molecule has 0 atom stereocenters. The molecular formula is C15H22O4. The molecule has 1 N–H and O–H groups in total. The Morgan fingerprint density at radius 1 is 1.11 bits per heavy atom. The normalized spacial score (nSPS) is 10.2. The lowest BCUT2D eigenvalue weighted by atomic mass is 10.1. The van der Waals surface area contributed by atoms with Crippen molar-refractivity contribution in [2.75, 3.05) is 13.7 Å². The Morgan fingerprint density at radius 2 is 1.79 bits per heavy atom. The highest BCUT2D eigenvalue weighted by molar-refractivity contribution is 5.66. The Balaban J connectivity index is 2.02. The van der Waals surface area contributed by atoms with E-state index in [0.29, 0.717) is 6.61 Å². The van der Waals surface area contributed by atoms with Gasteiger partial charge in [0.1, 0.15) is 11.5 Å². The van der Waals surface area contributed by atoms with Gasteiger partial charge in [-0.05, 0) is 25.0 Å². The van der Waals surface area contributed by atoms with E-state index in [0.717, 1.165) is 43.6 Å². The largest absolute Gasteiger partial charge is 0.497 e. The van der Waals surface area contributed by atoms with E-state index < -0.39 is 5.97 Å². The molecule has 0 heterocycles. The van der Waals surface area contributed by atoms with Crippen molar-refractivity contribution < 1.29 is 19.4 Å². The summed E-state index contributed by atoms with van der Waals surface area (Å²) < 4.78 is 10.7. The molecule has 4 nitrogen and oxygen atoms in total. The molecule has 1 rings (SSSR count). The lowest BCUT2D eigenvalue weighted by Gasteiger charge is -2.07. The SMILES string of the molecule is COc1cccc(OCCCCCCCC(=O)O)c1. The molecule has 106 valence electrons. The number of carboxylic acid groups (broad SMARTS) is 1. The van der Waals surface area contributed by atoms with Gasteiger partial charge in [0.15, 0.2) is 0 Å². The predicted molar refractivity (Wildman–Crippen MR) is 73.8 cm³/mol. The van der Waals surface area contributed by atoms with E-state index in [1.165, 1.54) is 0 Å². The van der Waals surface area contributed by atoms with Crippen LogP contribution < -0.4 is 9.47 Å². The van der Waals surface area contributed by atoms with Crippen LogP contribution in [0.3, 0.4) is 0 Å². The standard InChI is InChI=1S/C15H22O4/c1-18-13-8-7-9-14(12-13)19-11-6-4-2-3-5-10-15(16)17/h7-9,12H,2-6,10-11H2,1H3,(H,16,17). The Hall–Kier alpha value is -1.71. The molecule has 0 aromatic heterocycles. The Morgan fingerprint density at radius 3 is 2.53 bits per heavy atom. The maximum atomic E-state index is 10.3. The lowest BCUT2D eigenvalue weighted by Crippen LogP contribution is -1.98. The van der Waals surface area contributed by atoms with Crippen LogP contribution in [0, 0.1) is 0 Å². The molecule has 0 aliphatic rings. The van der Waals surface area contributed by atoms with Gasteiger partial charge < -0.3 is 14.6 Å². The Bertz CT molecular complexity index is 376. The van der Waals surface area contributed by atoms with Gasteiger partial charge in [-0.25, -0.2) is 0 Å². The number of unbranched alkanes of at least 4 members (excludes halogenated alkanes) is 4. The third-order valence-corrected chi connectivity index (χ3v) is 2.84. The summed E-state index contributed by atoms with van der Waals surface area (Å²) in [6.45, 7) is 0.687. The third kappa shape index (κ3) is 7.34. The first-order valence-corrected chi connectivity index (χ1v) is 6.71. The number of carbonyl (C=O) groups is 1. The van der Waals surface area contributed by atoms with Crippen LogP contribution >= 0.6 is 0 Å². The summed E-state index contributed by atoms with van der Waals surface area (Å²) >= 11 is 0. The summed E-state index contributed by atoms with van der Waals surface area (Å²) in [5.74, 6) is 0.915. The summed E-state index contributed by atoms with van der Waals surface area (Å²) in [5, 5.41) is 8.49. The number of ether oxygens (including phenoxy) is 2. The van der Waals surface area contributed by atoms with Crippen molar-refractivity contribution in [3.63, 3.8) is 0 Å². The monoisotopic (exact) mass is 266 g/mol. The van der Waals surface area contributed by atoms with E-state index in [1.807, 2.05) is 24.3 Å². The number of hydrogen-bond donors (Lipinski definition) is 1. The number of aliphatic carboxylic acids is 1. The van der Waals surface area contributed by atoms with Gasteiger partial charge in [0.2, 0.25) is 0 Å². The van der Waals surface area contributed by atoms with Crippen molar-refractivity contribution in [3.05, 3.63) is 24.3 Å². The van der Waals surface area contributed by atoms with Gasteiger partial charge in [0, 0.05) is 12.5 Å². The number of benzene rings is 1. The number of carboxylic acids is 1. The summed E-state index contributed by atoms with van der Waals surface area (Å²) in [6, 6.07) is 7.57. The van der Waals surface area contributed by atoms with E-state index in [1.54, 1.807) is 7.11 Å². The third-order valence-electron chi connectivity index (χ3n) is 2.84. The van der Waals surface area contributed by atoms with Crippen LogP contribution in [0.15, 0.2) is 24.3 Å². The molecule has 0 fully saturated rings. The highest BCUT2D eigenvalue weighted by atomic mass is 16.5. The fourth-order valence-corrected chi connectivity index (χ4v) is 1.79. The molecular weight excluding hydrogens is 244 g/mol. The highest BCUT2D eigenvalue weighted by Crippen LogP contribution is 2.19. The zero-order valence-corrected chi connectivity index (χ0v) is 11.4. The van der Waals surface area contributed by atoms with Crippen LogP contribution in [0.25, 0.3) is 0 Å². The van der Waals surface area contributed by atoms with Crippen LogP contribution in [0.2, 0.25) is 0 Å². The molecule has 0 saturated heterocycles. The molecule has 0 aliphatic carbocycles. The van der Waals surface area contributed by atoms with Gasteiger partial charge in [-0.3, -0.25) is 4.79 Å². The maximum Gasteiger partial charge on any atom is 0.303 e. The lowest BCUT2D eigenvalue weighted by molar-refractivity contribution is -0.137. The van der Waals surface area contributed by atoms with E-state index in [9.17, 15) is 4.79 Å². The Labute approximate surface area is 114 Å². The van der Waals surface area contributed by atoms with Gasteiger partial charge in [0.25, 0.3) is 0 Å². The van der Waals surface area contributed by atoms with Crippen molar-refractivity contribution >= 4 is 5.97 Å². The highest BCUT2D eigenvalue weighted by Gasteiger charge is 1.98. The average Bonchev–Trinajstić information content (AvgIpc) is 2.41. The fourth-order valence-electron chi connectivity index (χ4n) is 1.79. The molecule has 4 heteroatoms. The molecule has 1 aromatic rings. The minimum atomic E-state index is -0.707. The quantitative estimate of drug-likeness (QED) is 0.658. The van der Waals surface area contributed by atoms with Gasteiger partial charge in [0.05, 0.1) is 13.7 Å². The van der Waals surface area contributed by atoms with Gasteiger partial charge >= 0.3 is 5.97 Å². The first kappa shape index (κ1) is 15.3. The molecule has 19 heavy (non-hydrogen) atoms. The zero-order chi connectivity index (χ0) is 13.9. The topological polar surface area (TPSA) is 55.8 Å². The van der Waals surface area contributed by atoms with E-state index in [2.05, 4.69) is 0 Å². The van der Waals surface area contributed by atoms with Crippen LogP contribution in [0.5, 0.6) is 11.5 Å². The minimum absolute atomic E-state index is 0.278. The molecule has 1 aromatic carbocycles. The fraction of sp³-hybridized carbons (Fsp3) is 0.533. The summed E-state index contributed by atoms with van der Waals surface area (Å²) in [4.78, 5) is 10.3. The average molecular weight is 266 g/mol. The molecule has 0 saturated carbocycles. The van der Waals surface area contributed by atoms with Crippen LogP contribution in [0.1, 0.15) is 38.5 Å². The summed E-state index contributed by atoms with van der Waals surface area (Å²) in [7, 11) is 1.64. The van der Waals surface area contributed by atoms with Crippen LogP contribution in [-0.2, 0) is 4.79 Å². The minimum Gasteiger partial charge on any atom is -0.497 e. The van der Waals surface area contributed by atoms with E-state index >= 15 is 0 Å². The van der Waals surface area contributed by atoms with Crippen LogP contribution in [-0.4, -0.2) is 24.8 Å². The summed E-state index contributed by atoms with van der Waals surface area (Å²) in [5.41, 5.74) is 0. The van der Waals surface area contributed by atoms with Crippen molar-refractivity contribution in [2.45, 2.75) is 38.5 Å². The second-order valence-corrected chi connectivity index (χ2v) is 4.44. The molecule has 0 bridgehead atoms. The molecule has 0 spiro atoms. The number of rotatable bonds is 10. The predicted octanol–water partition coefficient (Wildman–Crippen LogP) is 3.50. The van der Waals surface area contributed by atoms with Gasteiger partial charge in [-0.2, -0.15) is 0 Å². The smallest absolute Gasteiger partial charge is 0.303 e. The number of methoxy groups -OCH3 is 1. The van der Waals surface area contributed by atoms with Crippen molar-refractivity contribution in [1.29, 1.82) is 0 Å². The molecule has 0 unspecified atom stereocenters. The van der Waals surface area contributed by atoms with Crippen molar-refractivity contribution in [3.8, 4) is 11.5 Å². The van der Waals surface area contributed by atoms with Crippen molar-refractivity contribution in [1.82, 2.24) is 0 Å².